The molecule has 3 heteroatoms. The van der Waals surface area contributed by atoms with Crippen molar-refractivity contribution in [3.63, 3.8) is 0 Å². The maximum Gasteiger partial charge on any atom is 0.109 e. The highest BCUT2D eigenvalue weighted by atomic mass is 35.5. The number of nitrogens with zero attached hydrogens (tertiary/aromatic N) is 2. The fourth-order valence-electron chi connectivity index (χ4n) is 2.23. The van der Waals surface area contributed by atoms with Crippen molar-refractivity contribution >= 4 is 12.4 Å². The summed E-state index contributed by atoms with van der Waals surface area (Å²) in [6.45, 7) is 3.87. The van der Waals surface area contributed by atoms with Gasteiger partial charge < -0.3 is 4.57 Å². The van der Waals surface area contributed by atoms with Crippen LogP contribution in [-0.2, 0) is 13.5 Å². The number of aryl methyl sites for hydroxylation is 1. The van der Waals surface area contributed by atoms with Crippen LogP contribution in [-0.4, -0.2) is 9.55 Å². The summed E-state index contributed by atoms with van der Waals surface area (Å²) >= 11 is 0. The molecule has 2 nitrogen and oxygen atoms in total. The van der Waals surface area contributed by atoms with Crippen LogP contribution in [0.2, 0.25) is 0 Å². The molecule has 2 rings (SSSR count). The van der Waals surface area contributed by atoms with Crippen molar-refractivity contribution in [2.45, 2.75) is 19.3 Å². The Morgan fingerprint density at radius 3 is 2.88 bits per heavy atom. The highest BCUT2D eigenvalue weighted by molar-refractivity contribution is 5.85. The van der Waals surface area contributed by atoms with Crippen LogP contribution in [0.5, 0.6) is 0 Å². The van der Waals surface area contributed by atoms with Gasteiger partial charge in [0.25, 0.3) is 0 Å². The van der Waals surface area contributed by atoms with Crippen LogP contribution in [0.1, 0.15) is 18.7 Å². The van der Waals surface area contributed by atoms with Crippen molar-refractivity contribution < 1.29 is 0 Å². The normalized spacial score (nSPS) is 22.2. The Hall–Kier alpha value is -1.28. The van der Waals surface area contributed by atoms with Crippen molar-refractivity contribution in [2.75, 3.05) is 0 Å². The molecule has 17 heavy (non-hydrogen) atoms. The SMILES string of the molecule is C=CCC1(Cc2nccn2C)C=CC=CC1.Cl. The molecular formula is C14H19ClN2. The van der Waals surface area contributed by atoms with Gasteiger partial charge in [-0.1, -0.05) is 30.4 Å². The molecule has 0 N–H and O–H groups in total. The van der Waals surface area contributed by atoms with Crippen LogP contribution in [0.3, 0.4) is 0 Å². The second-order valence-electron chi connectivity index (χ2n) is 4.48. The Morgan fingerprint density at radius 2 is 2.35 bits per heavy atom. The maximum absolute atomic E-state index is 4.41. The van der Waals surface area contributed by atoms with E-state index in [9.17, 15) is 0 Å². The van der Waals surface area contributed by atoms with Crippen LogP contribution < -0.4 is 0 Å². The predicted octanol–water partition coefficient (Wildman–Crippen LogP) is 3.46. The molecule has 0 saturated carbocycles. The lowest BCUT2D eigenvalue weighted by molar-refractivity contribution is 0.372. The minimum atomic E-state index is 0. The van der Waals surface area contributed by atoms with Crippen molar-refractivity contribution in [1.82, 2.24) is 9.55 Å². The van der Waals surface area contributed by atoms with Crippen molar-refractivity contribution in [1.29, 1.82) is 0 Å². The van der Waals surface area contributed by atoms with Gasteiger partial charge in [0.2, 0.25) is 0 Å². The quantitative estimate of drug-likeness (QED) is 0.749. The second-order valence-corrected chi connectivity index (χ2v) is 4.48. The fraction of sp³-hybridized carbons (Fsp3) is 0.357. The van der Waals surface area contributed by atoms with E-state index in [0.717, 1.165) is 25.1 Å². The smallest absolute Gasteiger partial charge is 0.109 e. The Bertz CT molecular complexity index is 427. The van der Waals surface area contributed by atoms with Gasteiger partial charge in [-0.25, -0.2) is 4.98 Å². The lowest BCUT2D eigenvalue weighted by Gasteiger charge is -2.29. The number of halogens is 1. The molecular weight excluding hydrogens is 232 g/mol. The molecule has 0 radical (unpaired) electrons. The molecule has 0 spiro atoms. The molecule has 1 heterocycles. The first-order valence-corrected chi connectivity index (χ1v) is 5.67. The Balaban J connectivity index is 0.00000144. The third-order valence-corrected chi connectivity index (χ3v) is 3.20. The summed E-state index contributed by atoms with van der Waals surface area (Å²) in [5.74, 6) is 1.14. The van der Waals surface area contributed by atoms with Crippen LogP contribution in [0, 0.1) is 5.41 Å². The van der Waals surface area contributed by atoms with Crippen molar-refractivity contribution in [3.05, 3.63) is 55.2 Å². The first-order chi connectivity index (χ1) is 7.76. The largest absolute Gasteiger partial charge is 0.338 e. The van der Waals surface area contributed by atoms with Gasteiger partial charge in [0.05, 0.1) is 0 Å². The highest BCUT2D eigenvalue weighted by Crippen LogP contribution is 2.35. The molecule has 0 amide bonds. The summed E-state index contributed by atoms with van der Waals surface area (Å²) in [7, 11) is 2.05. The van der Waals surface area contributed by atoms with E-state index in [2.05, 4.69) is 40.4 Å². The number of hydrogen-bond acceptors (Lipinski definition) is 1. The van der Waals surface area contributed by atoms with Gasteiger partial charge in [-0.15, -0.1) is 19.0 Å². The molecule has 1 aliphatic carbocycles. The third kappa shape index (κ3) is 3.10. The Labute approximate surface area is 109 Å². The van der Waals surface area contributed by atoms with Gasteiger partial charge in [0, 0.05) is 31.3 Å². The first kappa shape index (κ1) is 13.8. The monoisotopic (exact) mass is 250 g/mol. The molecule has 0 aromatic carbocycles. The molecule has 1 atom stereocenters. The van der Waals surface area contributed by atoms with Gasteiger partial charge in [0.1, 0.15) is 5.82 Å². The van der Waals surface area contributed by atoms with Crippen LogP contribution >= 0.6 is 12.4 Å². The van der Waals surface area contributed by atoms with Gasteiger partial charge in [-0.3, -0.25) is 0 Å². The molecule has 1 aromatic rings. The fourth-order valence-corrected chi connectivity index (χ4v) is 2.23. The second kappa shape index (κ2) is 5.87. The Morgan fingerprint density at radius 1 is 1.53 bits per heavy atom. The minimum absolute atomic E-state index is 0. The zero-order valence-corrected chi connectivity index (χ0v) is 11.0. The van der Waals surface area contributed by atoms with Crippen LogP contribution in [0.4, 0.5) is 0 Å². The number of imidazole rings is 1. The first-order valence-electron chi connectivity index (χ1n) is 5.67. The van der Waals surface area contributed by atoms with Crippen molar-refractivity contribution in [3.8, 4) is 0 Å². The van der Waals surface area contributed by atoms with E-state index in [1.165, 1.54) is 0 Å². The van der Waals surface area contributed by atoms with Gasteiger partial charge in [0.15, 0.2) is 0 Å². The summed E-state index contributed by atoms with van der Waals surface area (Å²) in [5.41, 5.74) is 0.176. The Kier molecular flexibility index (Phi) is 4.76. The average molecular weight is 251 g/mol. The molecule has 0 saturated heterocycles. The van der Waals surface area contributed by atoms with E-state index in [1.807, 2.05) is 25.5 Å². The highest BCUT2D eigenvalue weighted by Gasteiger charge is 2.27. The van der Waals surface area contributed by atoms with Gasteiger partial charge in [-0.05, 0) is 12.8 Å². The van der Waals surface area contributed by atoms with Crippen molar-refractivity contribution in [2.24, 2.45) is 12.5 Å². The van der Waals surface area contributed by atoms with Gasteiger partial charge >= 0.3 is 0 Å². The van der Waals surface area contributed by atoms with E-state index in [-0.39, 0.29) is 17.8 Å². The van der Waals surface area contributed by atoms with E-state index < -0.39 is 0 Å². The van der Waals surface area contributed by atoms with E-state index in [4.69, 9.17) is 0 Å². The van der Waals surface area contributed by atoms with E-state index in [0.29, 0.717) is 0 Å². The lowest BCUT2D eigenvalue weighted by atomic mass is 9.76. The molecule has 0 bridgehead atoms. The topological polar surface area (TPSA) is 17.8 Å². The standard InChI is InChI=1S/C14H18N2.ClH/c1-3-7-14(8-5-4-6-9-14)12-13-15-10-11-16(13)2;/h3-6,8,10-11H,1,7,9,12H2,2H3;1H. The van der Waals surface area contributed by atoms with Crippen LogP contribution in [0.25, 0.3) is 0 Å². The zero-order chi connectivity index (χ0) is 11.4. The van der Waals surface area contributed by atoms with E-state index in [1.54, 1.807) is 0 Å². The number of hydrogen-bond donors (Lipinski definition) is 0. The lowest BCUT2D eigenvalue weighted by Crippen LogP contribution is -2.23. The molecule has 1 aromatic heterocycles. The average Bonchev–Trinajstić information content (AvgIpc) is 2.66. The predicted molar refractivity (Wildman–Crippen MR) is 74.3 cm³/mol. The summed E-state index contributed by atoms with van der Waals surface area (Å²) in [6, 6.07) is 0. The zero-order valence-electron chi connectivity index (χ0n) is 10.2. The van der Waals surface area contributed by atoms with Crippen LogP contribution in [0.15, 0.2) is 49.4 Å². The third-order valence-electron chi connectivity index (χ3n) is 3.20. The van der Waals surface area contributed by atoms with E-state index >= 15 is 0 Å². The molecule has 0 aliphatic heterocycles. The summed E-state index contributed by atoms with van der Waals surface area (Å²) < 4.78 is 2.09. The minimum Gasteiger partial charge on any atom is -0.338 e. The molecule has 0 fully saturated rings. The number of allylic oxidation sites excluding steroid dienone is 5. The molecule has 92 valence electrons. The summed E-state index contributed by atoms with van der Waals surface area (Å²) in [4.78, 5) is 4.41. The number of aromatic nitrogens is 2. The molecule has 1 unspecified atom stereocenters. The molecule has 1 aliphatic rings. The van der Waals surface area contributed by atoms with Gasteiger partial charge in [-0.2, -0.15) is 0 Å². The summed E-state index contributed by atoms with van der Waals surface area (Å²) in [5, 5.41) is 0. The summed E-state index contributed by atoms with van der Waals surface area (Å²) in [6.07, 6.45) is 17.7. The number of rotatable bonds is 4. The maximum atomic E-state index is 4.41.